The van der Waals surface area contributed by atoms with E-state index in [0.717, 1.165) is 6.07 Å². The Balaban J connectivity index is 2.12. The number of ether oxygens (including phenoxy) is 2. The van der Waals surface area contributed by atoms with Gasteiger partial charge in [-0.3, -0.25) is 4.57 Å². The van der Waals surface area contributed by atoms with Gasteiger partial charge in [-0.25, -0.2) is 21.2 Å². The molecule has 0 aliphatic carbocycles. The average Bonchev–Trinajstić information content (AvgIpc) is 3.34. The maximum Gasteiger partial charge on any atom is 0.502 e. The molecule has 234 valence electrons. The van der Waals surface area contributed by atoms with E-state index in [1.54, 1.807) is 4.72 Å². The van der Waals surface area contributed by atoms with Crippen molar-refractivity contribution < 1.29 is 58.2 Å². The van der Waals surface area contributed by atoms with Gasteiger partial charge < -0.3 is 30.7 Å². The van der Waals surface area contributed by atoms with E-state index in [1.807, 2.05) is 0 Å². The molecule has 0 aliphatic heterocycles. The molecule has 3 aromatic rings. The van der Waals surface area contributed by atoms with Gasteiger partial charge in [0.25, 0.3) is 19.9 Å². The van der Waals surface area contributed by atoms with Crippen LogP contribution in [0.25, 0.3) is 10.1 Å². The third-order valence-corrected chi connectivity index (χ3v) is 11.9. The van der Waals surface area contributed by atoms with Crippen LogP contribution < -0.4 is 25.7 Å². The van der Waals surface area contributed by atoms with Gasteiger partial charge in [0.15, 0.2) is 11.5 Å². The van der Waals surface area contributed by atoms with Crippen molar-refractivity contribution in [1.82, 2.24) is 4.72 Å². The van der Waals surface area contributed by atoms with Crippen molar-refractivity contribution in [3.05, 3.63) is 45.7 Å². The smallest absolute Gasteiger partial charge is 0.487 e. The first-order valence-electron chi connectivity index (χ1n) is 11.1. The van der Waals surface area contributed by atoms with E-state index in [0.29, 0.717) is 17.4 Å². The molecule has 12 nitrogen and oxygen atoms in total. The van der Waals surface area contributed by atoms with Crippen LogP contribution in [0.5, 0.6) is 11.5 Å². The van der Waals surface area contributed by atoms with E-state index >= 15 is 0 Å². The van der Waals surface area contributed by atoms with Gasteiger partial charge in [0.2, 0.25) is 0 Å². The Hall–Kier alpha value is -1.77. The standard InChI is InChI=1S/C20H20Cl2F4N3O9PS3/c21-14-10-8-13(40-18(10)15(22)17(38-6-4-28)16(14)37-5-3-27)42(35,36)29-19(39(30,31)32)9-1-2-12(11(23)7-9)41(33,34)20(24,25)26/h1-2,7-8,19,29H,3-6,27-28H2,(H2,30,31,32). The van der Waals surface area contributed by atoms with Crippen LogP contribution in [0.15, 0.2) is 33.4 Å². The molecule has 1 unspecified atom stereocenters. The molecule has 22 heteroatoms. The maximum absolute atomic E-state index is 14.5. The van der Waals surface area contributed by atoms with Crippen molar-refractivity contribution >= 4 is 72.1 Å². The highest BCUT2D eigenvalue weighted by Gasteiger charge is 2.48. The molecule has 7 N–H and O–H groups in total. The summed E-state index contributed by atoms with van der Waals surface area (Å²) < 4.78 is 127. The van der Waals surface area contributed by atoms with Gasteiger partial charge in [-0.1, -0.05) is 29.3 Å². The number of sulfonamides is 1. The van der Waals surface area contributed by atoms with Crippen molar-refractivity contribution in [3.8, 4) is 11.5 Å². The van der Waals surface area contributed by atoms with Crippen molar-refractivity contribution in [2.45, 2.75) is 20.4 Å². The lowest BCUT2D eigenvalue weighted by molar-refractivity contribution is -0.0437. The normalized spacial score (nSPS) is 13.9. The lowest BCUT2D eigenvalue weighted by atomic mass is 10.2. The molecule has 42 heavy (non-hydrogen) atoms. The predicted octanol–water partition coefficient (Wildman–Crippen LogP) is 3.47. The van der Waals surface area contributed by atoms with Crippen molar-refractivity contribution in [3.63, 3.8) is 0 Å². The van der Waals surface area contributed by atoms with Crippen molar-refractivity contribution in [2.75, 3.05) is 26.3 Å². The first-order valence-corrected chi connectivity index (χ1v) is 17.3. The van der Waals surface area contributed by atoms with Crippen LogP contribution in [0, 0.1) is 5.82 Å². The van der Waals surface area contributed by atoms with Crippen molar-refractivity contribution in [2.24, 2.45) is 11.5 Å². The van der Waals surface area contributed by atoms with E-state index < -0.39 is 59.2 Å². The summed E-state index contributed by atoms with van der Waals surface area (Å²) in [6.45, 7) is 0.0376. The van der Waals surface area contributed by atoms with Crippen LogP contribution in [0.4, 0.5) is 17.6 Å². The monoisotopic (exact) mass is 719 g/mol. The first-order chi connectivity index (χ1) is 19.3. The van der Waals surface area contributed by atoms with Gasteiger partial charge in [-0.2, -0.15) is 17.9 Å². The van der Waals surface area contributed by atoms with Gasteiger partial charge in [-0.15, -0.1) is 11.3 Å². The van der Waals surface area contributed by atoms with E-state index in [9.17, 15) is 48.7 Å². The van der Waals surface area contributed by atoms with Gasteiger partial charge in [0.1, 0.15) is 38.9 Å². The second-order valence-electron chi connectivity index (χ2n) is 8.12. The lowest BCUT2D eigenvalue weighted by Crippen LogP contribution is -2.29. The number of sulfone groups is 1. The molecule has 0 bridgehead atoms. The van der Waals surface area contributed by atoms with E-state index in [1.165, 1.54) is 0 Å². The van der Waals surface area contributed by atoms with Crippen LogP contribution in [-0.4, -0.2) is 58.4 Å². The topological polar surface area (TPSA) is 208 Å². The van der Waals surface area contributed by atoms with E-state index in [4.69, 9.17) is 44.1 Å². The summed E-state index contributed by atoms with van der Waals surface area (Å²) in [5.41, 5.74) is 4.16. The summed E-state index contributed by atoms with van der Waals surface area (Å²) in [5.74, 6) is -4.75. The number of halogens is 6. The summed E-state index contributed by atoms with van der Waals surface area (Å²) in [5, 5.41) is -0.265. The number of fused-ring (bicyclic) bond motifs is 1. The summed E-state index contributed by atoms with van der Waals surface area (Å²) in [6.07, 6.45) is 0. The number of hydrogen-bond donors (Lipinski definition) is 5. The van der Waals surface area contributed by atoms with Crippen LogP contribution in [0.3, 0.4) is 0 Å². The molecular formula is C20H20Cl2F4N3O9PS3. The molecule has 0 aliphatic rings. The molecule has 0 fully saturated rings. The molecule has 0 spiro atoms. The maximum atomic E-state index is 14.5. The minimum Gasteiger partial charge on any atom is -0.487 e. The molecule has 0 saturated carbocycles. The zero-order chi connectivity index (χ0) is 31.8. The number of rotatable bonds is 12. The number of thiophene rings is 1. The quantitative estimate of drug-likeness (QED) is 0.135. The zero-order valence-electron chi connectivity index (χ0n) is 20.6. The average molecular weight is 720 g/mol. The molecule has 0 saturated heterocycles. The van der Waals surface area contributed by atoms with Gasteiger partial charge in [0.05, 0.1) is 9.72 Å². The Bertz CT molecular complexity index is 1720. The second-order valence-corrected chi connectivity index (χ2v) is 15.5. The highest BCUT2D eigenvalue weighted by molar-refractivity contribution is 7.92. The summed E-state index contributed by atoms with van der Waals surface area (Å²) >= 11 is 13.4. The largest absolute Gasteiger partial charge is 0.502 e. The molecule has 3 rings (SSSR count). The molecule has 1 heterocycles. The third-order valence-electron chi connectivity index (χ3n) is 5.21. The SMILES string of the molecule is NCCOc1c(OCCN)c(Cl)c2sc(S(=O)(=O)NC(c3ccc(S(=O)(=O)C(F)(F)F)c(F)c3)P(=O)(O)O)cc2c1Cl. The molecule has 2 aromatic carbocycles. The minimum atomic E-state index is -6.17. The highest BCUT2D eigenvalue weighted by Crippen LogP contribution is 2.53. The molecular weight excluding hydrogens is 700 g/mol. The van der Waals surface area contributed by atoms with Crippen LogP contribution in [-0.2, 0) is 24.4 Å². The number of hydrogen-bond acceptors (Lipinski definition) is 10. The summed E-state index contributed by atoms with van der Waals surface area (Å²) in [6, 6.07) is 1.59. The lowest BCUT2D eigenvalue weighted by Gasteiger charge is -2.20. The number of benzene rings is 2. The fraction of sp³-hybridized carbons (Fsp3) is 0.300. The first kappa shape index (κ1) is 34.7. The number of nitrogens with one attached hydrogen (secondary N) is 1. The van der Waals surface area contributed by atoms with Crippen molar-refractivity contribution in [1.29, 1.82) is 0 Å². The summed E-state index contributed by atoms with van der Waals surface area (Å²) in [4.78, 5) is 17.8. The third kappa shape index (κ3) is 6.96. The summed E-state index contributed by atoms with van der Waals surface area (Å²) in [7, 11) is -16.6. The molecule has 1 atom stereocenters. The Labute approximate surface area is 249 Å². The highest BCUT2D eigenvalue weighted by atomic mass is 35.5. The molecule has 0 amide bonds. The predicted molar refractivity (Wildman–Crippen MR) is 146 cm³/mol. The Morgan fingerprint density at radius 3 is 2.02 bits per heavy atom. The fourth-order valence-electron chi connectivity index (χ4n) is 3.40. The molecule has 0 radical (unpaired) electrons. The second kappa shape index (κ2) is 12.7. The van der Waals surface area contributed by atoms with Crippen LogP contribution in [0.1, 0.15) is 11.3 Å². The van der Waals surface area contributed by atoms with Crippen LogP contribution >= 0.6 is 42.1 Å². The number of alkyl halides is 3. The van der Waals surface area contributed by atoms with E-state index in [2.05, 4.69) is 0 Å². The molecule has 1 aromatic heterocycles. The Morgan fingerprint density at radius 2 is 1.55 bits per heavy atom. The van der Waals surface area contributed by atoms with Gasteiger partial charge in [-0.05, 0) is 23.8 Å². The Morgan fingerprint density at radius 1 is 1.00 bits per heavy atom. The number of nitrogens with two attached hydrogens (primary N) is 2. The van der Waals surface area contributed by atoms with Crippen LogP contribution in [0.2, 0.25) is 10.0 Å². The van der Waals surface area contributed by atoms with Gasteiger partial charge in [0, 0.05) is 18.5 Å². The zero-order valence-corrected chi connectivity index (χ0v) is 25.4. The van der Waals surface area contributed by atoms with Gasteiger partial charge >= 0.3 is 13.1 Å². The fourth-order valence-corrected chi connectivity index (χ4v) is 8.91. The van der Waals surface area contributed by atoms with E-state index in [-0.39, 0.29) is 70.1 Å². The minimum absolute atomic E-state index is 0.0274. The Kier molecular flexibility index (Phi) is 10.5.